The molecule has 1 aromatic carbocycles. The lowest BCUT2D eigenvalue weighted by Crippen LogP contribution is -2.09. The van der Waals surface area contributed by atoms with Crippen LogP contribution in [0.15, 0.2) is 35.1 Å². The van der Waals surface area contributed by atoms with Gasteiger partial charge in [-0.3, -0.25) is 4.79 Å². The van der Waals surface area contributed by atoms with Gasteiger partial charge in [0.2, 0.25) is 0 Å². The maximum Gasteiger partial charge on any atom is 0.251 e. The Morgan fingerprint density at radius 2 is 1.74 bits per heavy atom. The van der Waals surface area contributed by atoms with Gasteiger partial charge in [0.25, 0.3) is 5.56 Å². The number of hydrogen-bond donors (Lipinski definition) is 1. The second kappa shape index (κ2) is 12.4. The maximum absolute atomic E-state index is 11.5. The van der Waals surface area contributed by atoms with E-state index >= 15 is 0 Å². The number of ether oxygens (including phenoxy) is 2. The third-order valence-electron chi connectivity index (χ3n) is 2.57. The summed E-state index contributed by atoms with van der Waals surface area (Å²) in [5.74, 6) is 1.27. The summed E-state index contributed by atoms with van der Waals surface area (Å²) in [7, 11) is 1.62. The van der Waals surface area contributed by atoms with Crippen molar-refractivity contribution < 1.29 is 9.47 Å². The Morgan fingerprint density at radius 1 is 1.09 bits per heavy atom. The summed E-state index contributed by atoms with van der Waals surface area (Å²) in [6.45, 7) is 10.7. The van der Waals surface area contributed by atoms with Crippen molar-refractivity contribution in [2.45, 2.75) is 34.6 Å². The Bertz CT molecular complexity index is 609. The largest absolute Gasteiger partial charge is 0.490 e. The van der Waals surface area contributed by atoms with E-state index in [9.17, 15) is 4.79 Å². The molecule has 1 aromatic heterocycles. The van der Waals surface area contributed by atoms with E-state index in [1.165, 1.54) is 6.07 Å². The van der Waals surface area contributed by atoms with Crippen molar-refractivity contribution in [2.75, 3.05) is 20.3 Å². The van der Waals surface area contributed by atoms with Crippen LogP contribution in [0.1, 0.15) is 33.5 Å². The van der Waals surface area contributed by atoms with Gasteiger partial charge in [-0.1, -0.05) is 39.8 Å². The zero-order valence-electron chi connectivity index (χ0n) is 15.0. The molecule has 0 saturated carbocycles. The van der Waals surface area contributed by atoms with E-state index in [0.717, 1.165) is 5.56 Å². The molecule has 23 heavy (non-hydrogen) atoms. The summed E-state index contributed by atoms with van der Waals surface area (Å²) in [4.78, 5) is 18.5. The molecular formula is C18H28N2O3. The number of aryl methyl sites for hydroxylation is 1. The number of nitrogens with one attached hydrogen (secondary N) is 1. The van der Waals surface area contributed by atoms with E-state index in [4.69, 9.17) is 9.47 Å². The van der Waals surface area contributed by atoms with Gasteiger partial charge < -0.3 is 14.5 Å². The molecule has 0 amide bonds. The van der Waals surface area contributed by atoms with Gasteiger partial charge >= 0.3 is 0 Å². The molecule has 0 spiro atoms. The van der Waals surface area contributed by atoms with E-state index in [1.54, 1.807) is 14.0 Å². The molecule has 0 aliphatic heterocycles. The van der Waals surface area contributed by atoms with Gasteiger partial charge in [-0.05, 0) is 19.1 Å². The van der Waals surface area contributed by atoms with Crippen LogP contribution < -0.4 is 10.3 Å². The third kappa shape index (κ3) is 7.10. The van der Waals surface area contributed by atoms with Crippen molar-refractivity contribution in [1.29, 1.82) is 0 Å². The molecule has 2 rings (SSSR count). The van der Waals surface area contributed by atoms with Gasteiger partial charge in [-0.15, -0.1) is 0 Å². The Morgan fingerprint density at radius 3 is 2.35 bits per heavy atom. The quantitative estimate of drug-likeness (QED) is 0.851. The fraction of sp³-hybridized carbons (Fsp3) is 0.444. The summed E-state index contributed by atoms with van der Waals surface area (Å²) >= 11 is 0. The summed E-state index contributed by atoms with van der Waals surface area (Å²) < 4.78 is 10.6. The summed E-state index contributed by atoms with van der Waals surface area (Å²) in [6.07, 6.45) is 0. The topological polar surface area (TPSA) is 64.2 Å². The number of aromatic nitrogens is 2. The predicted octanol–water partition coefficient (Wildman–Crippen LogP) is 3.82. The molecular weight excluding hydrogens is 292 g/mol. The minimum atomic E-state index is -0.172. The van der Waals surface area contributed by atoms with Gasteiger partial charge in [0.1, 0.15) is 18.2 Å². The molecule has 0 radical (unpaired) electrons. The first-order valence-electron chi connectivity index (χ1n) is 8.00. The molecule has 5 nitrogen and oxygen atoms in total. The maximum atomic E-state index is 11.5. The SMILES string of the molecule is CC.CC.COCCOc1ccccc1-c1cc(=O)[nH]c(C)n1. The molecule has 128 valence electrons. The first kappa shape index (κ1) is 20.9. The van der Waals surface area contributed by atoms with Gasteiger partial charge in [0, 0.05) is 18.7 Å². The normalized spacial score (nSPS) is 9.13. The number of methoxy groups -OCH3 is 1. The highest BCUT2D eigenvalue weighted by molar-refractivity contribution is 5.66. The Labute approximate surface area is 138 Å². The highest BCUT2D eigenvalue weighted by atomic mass is 16.5. The Balaban J connectivity index is 0.00000112. The van der Waals surface area contributed by atoms with E-state index in [1.807, 2.05) is 52.0 Å². The lowest BCUT2D eigenvalue weighted by Gasteiger charge is -2.10. The zero-order valence-corrected chi connectivity index (χ0v) is 15.0. The third-order valence-corrected chi connectivity index (χ3v) is 2.57. The van der Waals surface area contributed by atoms with Crippen LogP contribution in [-0.2, 0) is 4.74 Å². The van der Waals surface area contributed by atoms with Crippen LogP contribution in [-0.4, -0.2) is 30.3 Å². The molecule has 0 atom stereocenters. The number of benzene rings is 1. The number of nitrogens with zero attached hydrogens (tertiary/aromatic N) is 1. The fourth-order valence-corrected chi connectivity index (χ4v) is 1.76. The lowest BCUT2D eigenvalue weighted by atomic mass is 10.1. The van der Waals surface area contributed by atoms with Crippen molar-refractivity contribution in [1.82, 2.24) is 9.97 Å². The molecule has 2 aromatic rings. The van der Waals surface area contributed by atoms with Gasteiger partial charge in [0.05, 0.1) is 12.3 Å². The van der Waals surface area contributed by atoms with Crippen LogP contribution >= 0.6 is 0 Å². The molecule has 0 aliphatic carbocycles. The molecule has 1 heterocycles. The highest BCUT2D eigenvalue weighted by Crippen LogP contribution is 2.27. The van der Waals surface area contributed by atoms with Gasteiger partial charge in [0.15, 0.2) is 0 Å². The number of rotatable bonds is 5. The van der Waals surface area contributed by atoms with Crippen molar-refractivity contribution in [3.8, 4) is 17.0 Å². The van der Waals surface area contributed by atoms with E-state index < -0.39 is 0 Å². The van der Waals surface area contributed by atoms with Crippen molar-refractivity contribution in [3.63, 3.8) is 0 Å². The first-order chi connectivity index (χ1) is 11.2. The minimum absolute atomic E-state index is 0.172. The Kier molecular flexibility index (Phi) is 11.3. The monoisotopic (exact) mass is 320 g/mol. The van der Waals surface area contributed by atoms with Crippen LogP contribution in [0.2, 0.25) is 0 Å². The molecule has 0 unspecified atom stereocenters. The summed E-state index contributed by atoms with van der Waals surface area (Å²) in [6, 6.07) is 8.96. The second-order valence-electron chi connectivity index (χ2n) is 4.05. The standard InChI is InChI=1S/C14H16N2O3.2C2H6/c1-10-15-12(9-14(17)16-10)11-5-3-4-6-13(11)19-8-7-18-2;2*1-2/h3-6,9H,7-8H2,1-2H3,(H,15,16,17);2*1-2H3. The second-order valence-corrected chi connectivity index (χ2v) is 4.05. The van der Waals surface area contributed by atoms with Crippen molar-refractivity contribution >= 4 is 0 Å². The molecule has 0 aliphatic rings. The number of hydrogen-bond acceptors (Lipinski definition) is 4. The van der Waals surface area contributed by atoms with Gasteiger partial charge in [-0.2, -0.15) is 0 Å². The molecule has 0 bridgehead atoms. The molecule has 0 saturated heterocycles. The highest BCUT2D eigenvalue weighted by Gasteiger charge is 2.08. The molecule has 0 fully saturated rings. The lowest BCUT2D eigenvalue weighted by molar-refractivity contribution is 0.146. The van der Waals surface area contributed by atoms with Crippen LogP contribution in [0.4, 0.5) is 0 Å². The van der Waals surface area contributed by atoms with E-state index in [-0.39, 0.29) is 5.56 Å². The predicted molar refractivity (Wildman–Crippen MR) is 95.1 cm³/mol. The van der Waals surface area contributed by atoms with Crippen molar-refractivity contribution in [3.05, 3.63) is 46.5 Å². The van der Waals surface area contributed by atoms with Crippen LogP contribution in [0, 0.1) is 6.92 Å². The average Bonchev–Trinajstić information content (AvgIpc) is 2.58. The van der Waals surface area contributed by atoms with Gasteiger partial charge in [-0.25, -0.2) is 4.98 Å². The number of para-hydroxylation sites is 1. The van der Waals surface area contributed by atoms with Crippen LogP contribution in [0.25, 0.3) is 11.3 Å². The van der Waals surface area contributed by atoms with E-state index in [2.05, 4.69) is 9.97 Å². The van der Waals surface area contributed by atoms with Crippen LogP contribution in [0.5, 0.6) is 5.75 Å². The number of H-pyrrole nitrogens is 1. The minimum Gasteiger partial charge on any atom is -0.490 e. The van der Waals surface area contributed by atoms with E-state index in [0.29, 0.717) is 30.5 Å². The number of aromatic amines is 1. The summed E-state index contributed by atoms with van der Waals surface area (Å²) in [5, 5.41) is 0. The Hall–Kier alpha value is -2.14. The zero-order chi connectivity index (χ0) is 17.7. The van der Waals surface area contributed by atoms with Crippen molar-refractivity contribution in [2.24, 2.45) is 0 Å². The first-order valence-corrected chi connectivity index (χ1v) is 8.00. The fourth-order valence-electron chi connectivity index (χ4n) is 1.76. The molecule has 5 heteroatoms. The van der Waals surface area contributed by atoms with Crippen LogP contribution in [0.3, 0.4) is 0 Å². The smallest absolute Gasteiger partial charge is 0.251 e. The average molecular weight is 320 g/mol. The molecule has 1 N–H and O–H groups in total. The summed E-state index contributed by atoms with van der Waals surface area (Å²) in [5.41, 5.74) is 1.23.